The van der Waals surface area contributed by atoms with Crippen LogP contribution in [-0.2, 0) is 9.59 Å². The van der Waals surface area contributed by atoms with Crippen molar-refractivity contribution in [1.82, 2.24) is 10.2 Å². The molecule has 1 saturated heterocycles. The van der Waals surface area contributed by atoms with Gasteiger partial charge in [0.25, 0.3) is 0 Å². The molecule has 1 atom stereocenters. The van der Waals surface area contributed by atoms with E-state index in [1.54, 1.807) is 0 Å². The third-order valence-electron chi connectivity index (χ3n) is 2.97. The van der Waals surface area contributed by atoms with Crippen LogP contribution >= 0.6 is 0 Å². The predicted octanol–water partition coefficient (Wildman–Crippen LogP) is 0.840. The number of carbonyl (C=O) groups excluding carboxylic acids is 1. The highest BCUT2D eigenvalue weighted by Crippen LogP contribution is 2.17. The maximum absolute atomic E-state index is 11.5. The highest BCUT2D eigenvalue weighted by Gasteiger charge is 2.28. The Bertz CT molecular complexity index is 279. The molecule has 1 amide bonds. The van der Waals surface area contributed by atoms with E-state index >= 15 is 0 Å². The lowest BCUT2D eigenvalue weighted by atomic mass is 10.0. The maximum atomic E-state index is 11.5. The standard InChI is InChI=1S/C12H22N2O3/c1-9(2)13-11(15)6-8-14-7-4-3-5-10(14)12(16)17/h9-10H,3-8H2,1-2H3,(H,13,15)(H,16,17). The van der Waals surface area contributed by atoms with Gasteiger partial charge in [0.2, 0.25) is 5.91 Å². The third-order valence-corrected chi connectivity index (χ3v) is 2.97. The molecule has 0 aromatic carbocycles. The zero-order valence-electron chi connectivity index (χ0n) is 10.6. The molecule has 0 aliphatic carbocycles. The lowest BCUT2D eigenvalue weighted by Crippen LogP contribution is -2.46. The van der Waals surface area contributed by atoms with Gasteiger partial charge in [0.1, 0.15) is 6.04 Å². The summed E-state index contributed by atoms with van der Waals surface area (Å²) in [5.41, 5.74) is 0. The molecule has 0 aromatic rings. The van der Waals surface area contributed by atoms with Crippen molar-refractivity contribution in [2.75, 3.05) is 13.1 Å². The molecule has 0 radical (unpaired) electrons. The normalized spacial score (nSPS) is 21.5. The van der Waals surface area contributed by atoms with Gasteiger partial charge in [0.15, 0.2) is 0 Å². The Morgan fingerprint density at radius 1 is 1.41 bits per heavy atom. The summed E-state index contributed by atoms with van der Waals surface area (Å²) in [6.07, 6.45) is 3.06. The Morgan fingerprint density at radius 2 is 2.12 bits per heavy atom. The smallest absolute Gasteiger partial charge is 0.320 e. The highest BCUT2D eigenvalue weighted by molar-refractivity contribution is 5.77. The fraction of sp³-hybridized carbons (Fsp3) is 0.833. The van der Waals surface area contributed by atoms with E-state index in [1.807, 2.05) is 18.7 Å². The van der Waals surface area contributed by atoms with Gasteiger partial charge in [0, 0.05) is 19.0 Å². The van der Waals surface area contributed by atoms with E-state index in [2.05, 4.69) is 5.32 Å². The number of nitrogens with one attached hydrogen (secondary N) is 1. The minimum atomic E-state index is -0.769. The van der Waals surface area contributed by atoms with Crippen LogP contribution < -0.4 is 5.32 Å². The van der Waals surface area contributed by atoms with E-state index in [-0.39, 0.29) is 11.9 Å². The molecular weight excluding hydrogens is 220 g/mol. The molecule has 0 spiro atoms. The Kier molecular flexibility index (Phi) is 5.41. The van der Waals surface area contributed by atoms with Crippen LogP contribution in [0.3, 0.4) is 0 Å². The number of aliphatic carboxylic acids is 1. The van der Waals surface area contributed by atoms with Gasteiger partial charge in [-0.3, -0.25) is 14.5 Å². The first-order valence-electron chi connectivity index (χ1n) is 6.27. The summed E-state index contributed by atoms with van der Waals surface area (Å²) in [5, 5.41) is 11.9. The average molecular weight is 242 g/mol. The lowest BCUT2D eigenvalue weighted by molar-refractivity contribution is -0.145. The fourth-order valence-electron chi connectivity index (χ4n) is 2.18. The van der Waals surface area contributed by atoms with Crippen LogP contribution in [0.25, 0.3) is 0 Å². The maximum Gasteiger partial charge on any atom is 0.320 e. The molecule has 98 valence electrons. The van der Waals surface area contributed by atoms with Gasteiger partial charge in [-0.05, 0) is 33.2 Å². The molecule has 1 aliphatic rings. The van der Waals surface area contributed by atoms with Crippen molar-refractivity contribution in [2.24, 2.45) is 0 Å². The molecule has 1 fully saturated rings. The Labute approximate surface area is 102 Å². The summed E-state index contributed by atoms with van der Waals surface area (Å²) in [6, 6.07) is -0.269. The topological polar surface area (TPSA) is 69.6 Å². The van der Waals surface area contributed by atoms with E-state index in [0.717, 1.165) is 19.4 Å². The molecular formula is C12H22N2O3. The largest absolute Gasteiger partial charge is 0.480 e. The number of piperidine rings is 1. The third kappa shape index (κ3) is 4.73. The van der Waals surface area contributed by atoms with Crippen molar-refractivity contribution in [1.29, 1.82) is 0 Å². The van der Waals surface area contributed by atoms with Gasteiger partial charge in [0.05, 0.1) is 0 Å². The van der Waals surface area contributed by atoms with Crippen LogP contribution in [0.15, 0.2) is 0 Å². The first-order valence-corrected chi connectivity index (χ1v) is 6.27. The Balaban J connectivity index is 2.38. The summed E-state index contributed by atoms with van der Waals surface area (Å²) >= 11 is 0. The first kappa shape index (κ1) is 14.0. The number of carboxylic acid groups (broad SMARTS) is 1. The number of nitrogens with zero attached hydrogens (tertiary/aromatic N) is 1. The number of hydrogen-bond donors (Lipinski definition) is 2. The van der Waals surface area contributed by atoms with Gasteiger partial charge >= 0.3 is 5.97 Å². The molecule has 0 aromatic heterocycles. The number of carbonyl (C=O) groups is 2. The van der Waals surface area contributed by atoms with Gasteiger partial charge in [-0.1, -0.05) is 6.42 Å². The molecule has 1 aliphatic heterocycles. The zero-order chi connectivity index (χ0) is 12.8. The second-order valence-electron chi connectivity index (χ2n) is 4.86. The van der Waals surface area contributed by atoms with E-state index in [1.165, 1.54) is 0 Å². The van der Waals surface area contributed by atoms with Gasteiger partial charge in [-0.25, -0.2) is 0 Å². The second-order valence-corrected chi connectivity index (χ2v) is 4.86. The summed E-state index contributed by atoms with van der Waals surface area (Å²) in [6.45, 7) is 5.15. The Morgan fingerprint density at radius 3 is 2.71 bits per heavy atom. The van der Waals surface area contributed by atoms with Crippen LogP contribution in [0.1, 0.15) is 39.5 Å². The van der Waals surface area contributed by atoms with Crippen LogP contribution in [0, 0.1) is 0 Å². The van der Waals surface area contributed by atoms with Crippen molar-refractivity contribution in [3.63, 3.8) is 0 Å². The van der Waals surface area contributed by atoms with Crippen molar-refractivity contribution in [2.45, 2.75) is 51.6 Å². The SMILES string of the molecule is CC(C)NC(=O)CCN1CCCCC1C(=O)O. The molecule has 0 bridgehead atoms. The van der Waals surface area contributed by atoms with Gasteiger partial charge in [-0.15, -0.1) is 0 Å². The summed E-state index contributed by atoms with van der Waals surface area (Å²) < 4.78 is 0. The van der Waals surface area contributed by atoms with Crippen molar-refractivity contribution in [3.8, 4) is 0 Å². The minimum absolute atomic E-state index is 0.00490. The molecule has 17 heavy (non-hydrogen) atoms. The summed E-state index contributed by atoms with van der Waals surface area (Å²) in [5.74, 6) is -0.774. The zero-order valence-corrected chi connectivity index (χ0v) is 10.6. The van der Waals surface area contributed by atoms with E-state index in [0.29, 0.717) is 19.4 Å². The summed E-state index contributed by atoms with van der Waals surface area (Å²) in [4.78, 5) is 24.4. The number of amides is 1. The number of carboxylic acids is 1. The van der Waals surface area contributed by atoms with Crippen LogP contribution in [0.5, 0.6) is 0 Å². The quantitative estimate of drug-likeness (QED) is 0.749. The van der Waals surface area contributed by atoms with Crippen molar-refractivity contribution in [3.05, 3.63) is 0 Å². The predicted molar refractivity (Wildman–Crippen MR) is 64.7 cm³/mol. The molecule has 5 nitrogen and oxygen atoms in total. The molecule has 1 heterocycles. The minimum Gasteiger partial charge on any atom is -0.480 e. The van der Waals surface area contributed by atoms with E-state index in [4.69, 9.17) is 5.11 Å². The Hall–Kier alpha value is -1.10. The van der Waals surface area contributed by atoms with E-state index in [9.17, 15) is 9.59 Å². The number of rotatable bonds is 5. The fourth-order valence-corrected chi connectivity index (χ4v) is 2.18. The van der Waals surface area contributed by atoms with Crippen molar-refractivity contribution < 1.29 is 14.7 Å². The molecule has 2 N–H and O–H groups in total. The molecule has 0 saturated carbocycles. The van der Waals surface area contributed by atoms with E-state index < -0.39 is 12.0 Å². The first-order chi connectivity index (χ1) is 8.00. The number of hydrogen-bond acceptors (Lipinski definition) is 3. The van der Waals surface area contributed by atoms with Gasteiger partial charge < -0.3 is 10.4 Å². The average Bonchev–Trinajstić information content (AvgIpc) is 2.25. The summed E-state index contributed by atoms with van der Waals surface area (Å²) in [7, 11) is 0. The van der Waals surface area contributed by atoms with Gasteiger partial charge in [-0.2, -0.15) is 0 Å². The van der Waals surface area contributed by atoms with Crippen molar-refractivity contribution >= 4 is 11.9 Å². The molecule has 1 unspecified atom stereocenters. The molecule has 5 heteroatoms. The monoisotopic (exact) mass is 242 g/mol. The van der Waals surface area contributed by atoms with Crippen LogP contribution in [0.4, 0.5) is 0 Å². The van der Waals surface area contributed by atoms with Crippen LogP contribution in [-0.4, -0.2) is 47.1 Å². The lowest BCUT2D eigenvalue weighted by Gasteiger charge is -2.32. The molecule has 1 rings (SSSR count). The van der Waals surface area contributed by atoms with Crippen LogP contribution in [0.2, 0.25) is 0 Å². The highest BCUT2D eigenvalue weighted by atomic mass is 16.4. The second kappa shape index (κ2) is 6.59. The number of likely N-dealkylation sites (tertiary alicyclic amines) is 1.